The fraction of sp³-hybridized carbons (Fsp3) is 0. The van der Waals surface area contributed by atoms with Crippen molar-refractivity contribution in [3.05, 3.63) is 97.1 Å². The van der Waals surface area contributed by atoms with Crippen LogP contribution in [0.5, 0.6) is 11.5 Å². The molecule has 0 saturated heterocycles. The summed E-state index contributed by atoms with van der Waals surface area (Å²) in [4.78, 5) is 0. The van der Waals surface area contributed by atoms with Crippen LogP contribution in [0.4, 0.5) is 0 Å². The number of phenolic OH excluding ortho intramolecular Hbond substituents is 2. The summed E-state index contributed by atoms with van der Waals surface area (Å²) in [6, 6.07) is 32.2. The highest BCUT2D eigenvalue weighted by molar-refractivity contribution is 6.07. The molecule has 0 spiro atoms. The van der Waals surface area contributed by atoms with Crippen molar-refractivity contribution in [1.29, 1.82) is 0 Å². The van der Waals surface area contributed by atoms with E-state index in [1.807, 2.05) is 72.8 Å². The molecule has 6 rings (SSSR count). The molecule has 0 saturated carbocycles. The molecule has 0 fully saturated rings. The second-order valence-electron chi connectivity index (χ2n) is 7.76. The number of aromatic hydroxyl groups is 2. The highest BCUT2D eigenvalue weighted by Gasteiger charge is 2.15. The van der Waals surface area contributed by atoms with E-state index in [9.17, 15) is 10.2 Å². The third-order valence-electron chi connectivity index (χ3n) is 6.01. The molecule has 0 aromatic heterocycles. The van der Waals surface area contributed by atoms with Crippen LogP contribution in [-0.4, -0.2) is 10.2 Å². The summed E-state index contributed by atoms with van der Waals surface area (Å²) >= 11 is 0. The number of phenols is 2. The second kappa shape index (κ2) is 6.23. The third-order valence-corrected chi connectivity index (χ3v) is 6.01. The number of rotatable bonds is 1. The van der Waals surface area contributed by atoms with E-state index in [0.717, 1.165) is 43.1 Å². The van der Waals surface area contributed by atoms with Crippen molar-refractivity contribution < 1.29 is 10.2 Å². The van der Waals surface area contributed by atoms with Crippen molar-refractivity contribution in [3.63, 3.8) is 0 Å². The SMILES string of the molecule is Oc1c(-c2ccc3cc4ccccc4cc3c2O)ccc2cc3ccccc3cc12. The summed E-state index contributed by atoms with van der Waals surface area (Å²) in [5.74, 6) is 0.377. The molecule has 6 aromatic carbocycles. The van der Waals surface area contributed by atoms with Gasteiger partial charge in [0.05, 0.1) is 0 Å². The topological polar surface area (TPSA) is 40.5 Å². The Labute approximate surface area is 173 Å². The van der Waals surface area contributed by atoms with Gasteiger partial charge in [-0.2, -0.15) is 0 Å². The molecule has 0 radical (unpaired) electrons. The standard InChI is InChI=1S/C28H18O2/c29-27-23(11-9-21-13-17-5-1-3-7-19(17)15-25(21)27)24-12-10-22-14-18-6-2-4-8-20(18)16-26(22)28(24)30/h1-16,29-30H. The molecule has 30 heavy (non-hydrogen) atoms. The zero-order valence-electron chi connectivity index (χ0n) is 16.1. The van der Waals surface area contributed by atoms with E-state index in [2.05, 4.69) is 24.3 Å². The minimum Gasteiger partial charge on any atom is -0.507 e. The van der Waals surface area contributed by atoms with Crippen molar-refractivity contribution in [1.82, 2.24) is 0 Å². The van der Waals surface area contributed by atoms with Gasteiger partial charge in [-0.25, -0.2) is 0 Å². The van der Waals surface area contributed by atoms with Gasteiger partial charge >= 0.3 is 0 Å². The van der Waals surface area contributed by atoms with Crippen LogP contribution in [0.3, 0.4) is 0 Å². The Morgan fingerprint density at radius 3 is 1.13 bits per heavy atom. The lowest BCUT2D eigenvalue weighted by atomic mass is 9.94. The Bertz CT molecular complexity index is 1490. The molecular weight excluding hydrogens is 368 g/mol. The fourth-order valence-corrected chi connectivity index (χ4v) is 4.43. The Kier molecular flexibility index (Phi) is 3.50. The van der Waals surface area contributed by atoms with Crippen LogP contribution in [0.1, 0.15) is 0 Å². The first-order valence-corrected chi connectivity index (χ1v) is 9.98. The summed E-state index contributed by atoms with van der Waals surface area (Å²) in [5, 5.41) is 30.2. The van der Waals surface area contributed by atoms with Gasteiger partial charge in [0, 0.05) is 21.9 Å². The zero-order chi connectivity index (χ0) is 20.2. The molecule has 0 atom stereocenters. The fourth-order valence-electron chi connectivity index (χ4n) is 4.43. The third kappa shape index (κ3) is 2.44. The molecule has 0 aliphatic rings. The summed E-state index contributed by atoms with van der Waals surface area (Å²) in [6.45, 7) is 0. The zero-order valence-corrected chi connectivity index (χ0v) is 16.1. The average Bonchev–Trinajstić information content (AvgIpc) is 2.78. The first-order valence-electron chi connectivity index (χ1n) is 9.98. The van der Waals surface area contributed by atoms with E-state index >= 15 is 0 Å². The average molecular weight is 386 g/mol. The van der Waals surface area contributed by atoms with Gasteiger partial charge in [-0.1, -0.05) is 60.7 Å². The first-order chi connectivity index (χ1) is 14.7. The molecule has 142 valence electrons. The number of fused-ring (bicyclic) bond motifs is 4. The molecule has 0 unspecified atom stereocenters. The van der Waals surface area contributed by atoms with E-state index in [1.54, 1.807) is 0 Å². The monoisotopic (exact) mass is 386 g/mol. The Balaban J connectivity index is 1.62. The van der Waals surface area contributed by atoms with Gasteiger partial charge in [0.15, 0.2) is 0 Å². The molecule has 6 aromatic rings. The Hall–Kier alpha value is -4.04. The molecule has 2 nitrogen and oxygen atoms in total. The van der Waals surface area contributed by atoms with Crippen LogP contribution in [0.2, 0.25) is 0 Å². The lowest BCUT2D eigenvalue weighted by Crippen LogP contribution is -1.86. The number of hydrogen-bond donors (Lipinski definition) is 2. The molecular formula is C28H18O2. The first kappa shape index (κ1) is 16.9. The minimum absolute atomic E-state index is 0.189. The molecule has 2 N–H and O–H groups in total. The smallest absolute Gasteiger partial charge is 0.131 e. The van der Waals surface area contributed by atoms with Gasteiger partial charge in [0.25, 0.3) is 0 Å². The van der Waals surface area contributed by atoms with E-state index in [1.165, 1.54) is 0 Å². The quantitative estimate of drug-likeness (QED) is 0.289. The normalized spacial score (nSPS) is 11.6. The summed E-state index contributed by atoms with van der Waals surface area (Å²) in [6.07, 6.45) is 0. The van der Waals surface area contributed by atoms with Crippen LogP contribution in [0.15, 0.2) is 97.1 Å². The molecule has 0 heterocycles. The Morgan fingerprint density at radius 2 is 0.733 bits per heavy atom. The summed E-state index contributed by atoms with van der Waals surface area (Å²) in [7, 11) is 0. The van der Waals surface area contributed by atoms with E-state index < -0.39 is 0 Å². The maximum atomic E-state index is 11.1. The lowest BCUT2D eigenvalue weighted by molar-refractivity contribution is 0.475. The largest absolute Gasteiger partial charge is 0.507 e. The predicted octanol–water partition coefficient (Wildman–Crippen LogP) is 7.38. The highest BCUT2D eigenvalue weighted by atomic mass is 16.3. The molecule has 0 aliphatic carbocycles. The van der Waals surface area contributed by atoms with E-state index in [4.69, 9.17) is 0 Å². The number of hydrogen-bond acceptors (Lipinski definition) is 2. The molecule has 0 aliphatic heterocycles. The molecule has 0 bridgehead atoms. The van der Waals surface area contributed by atoms with Crippen molar-refractivity contribution in [2.45, 2.75) is 0 Å². The maximum Gasteiger partial charge on any atom is 0.131 e. The van der Waals surface area contributed by atoms with Gasteiger partial charge in [-0.05, 0) is 68.7 Å². The molecule has 0 amide bonds. The summed E-state index contributed by atoms with van der Waals surface area (Å²) in [5.41, 5.74) is 1.26. The van der Waals surface area contributed by atoms with E-state index in [0.29, 0.717) is 11.1 Å². The highest BCUT2D eigenvalue weighted by Crippen LogP contribution is 2.43. The lowest BCUT2D eigenvalue weighted by Gasteiger charge is -2.13. The van der Waals surface area contributed by atoms with Gasteiger partial charge in [0.2, 0.25) is 0 Å². The second-order valence-corrected chi connectivity index (χ2v) is 7.76. The number of benzene rings is 6. The van der Waals surface area contributed by atoms with Crippen LogP contribution >= 0.6 is 0 Å². The van der Waals surface area contributed by atoms with Gasteiger partial charge in [-0.3, -0.25) is 0 Å². The van der Waals surface area contributed by atoms with Crippen molar-refractivity contribution in [3.8, 4) is 22.6 Å². The van der Waals surface area contributed by atoms with Crippen LogP contribution in [0, 0.1) is 0 Å². The maximum absolute atomic E-state index is 11.1. The van der Waals surface area contributed by atoms with Crippen LogP contribution in [-0.2, 0) is 0 Å². The minimum atomic E-state index is 0.189. The van der Waals surface area contributed by atoms with Crippen molar-refractivity contribution >= 4 is 43.1 Å². The summed E-state index contributed by atoms with van der Waals surface area (Å²) < 4.78 is 0. The molecule has 2 heteroatoms. The van der Waals surface area contributed by atoms with Crippen LogP contribution < -0.4 is 0 Å². The van der Waals surface area contributed by atoms with Crippen LogP contribution in [0.25, 0.3) is 54.2 Å². The van der Waals surface area contributed by atoms with Crippen molar-refractivity contribution in [2.75, 3.05) is 0 Å². The van der Waals surface area contributed by atoms with Gasteiger partial charge in [0.1, 0.15) is 11.5 Å². The van der Waals surface area contributed by atoms with Crippen molar-refractivity contribution in [2.24, 2.45) is 0 Å². The van der Waals surface area contributed by atoms with E-state index in [-0.39, 0.29) is 11.5 Å². The predicted molar refractivity (Wildman–Crippen MR) is 125 cm³/mol. The van der Waals surface area contributed by atoms with Gasteiger partial charge < -0.3 is 10.2 Å². The Morgan fingerprint density at radius 1 is 0.367 bits per heavy atom. The van der Waals surface area contributed by atoms with Gasteiger partial charge in [-0.15, -0.1) is 0 Å².